The van der Waals surface area contributed by atoms with Crippen molar-refractivity contribution in [1.82, 2.24) is 10.3 Å². The highest BCUT2D eigenvalue weighted by Gasteiger charge is 2.36. The molecular weight excluding hydrogens is 413 g/mol. The zero-order valence-electron chi connectivity index (χ0n) is 14.9. The van der Waals surface area contributed by atoms with Gasteiger partial charge in [0.2, 0.25) is 0 Å². The zero-order valence-corrected chi connectivity index (χ0v) is 15.7. The molecule has 0 aliphatic carbocycles. The molecule has 0 bridgehead atoms. The standard InChI is InChI=1S/C18H16F5N5S/c19-17(20)29-14-4-2-1-3-13(14)26-16-11(10-24)12(18(21,22)23)9-15(27-16)28-7-5-25-6-8-28/h1-4,9,17,25H,5-8H2,(H,26,27). The number of rotatable bonds is 5. The molecule has 2 N–H and O–H groups in total. The number of nitriles is 1. The predicted octanol–water partition coefficient (Wildman–Crippen LogP) is 4.44. The Kier molecular flexibility index (Phi) is 6.44. The summed E-state index contributed by atoms with van der Waals surface area (Å²) in [7, 11) is 0. The van der Waals surface area contributed by atoms with Crippen molar-refractivity contribution in [3.63, 3.8) is 0 Å². The van der Waals surface area contributed by atoms with Crippen LogP contribution in [0.2, 0.25) is 0 Å². The number of aromatic nitrogens is 1. The van der Waals surface area contributed by atoms with Gasteiger partial charge in [-0.25, -0.2) is 4.98 Å². The van der Waals surface area contributed by atoms with Gasteiger partial charge in [0.05, 0.1) is 11.3 Å². The number of nitrogens with one attached hydrogen (secondary N) is 2. The Balaban J connectivity index is 2.08. The van der Waals surface area contributed by atoms with Crippen molar-refractivity contribution in [2.24, 2.45) is 0 Å². The summed E-state index contributed by atoms with van der Waals surface area (Å²) in [6.07, 6.45) is -4.77. The molecule has 0 unspecified atom stereocenters. The molecule has 1 aromatic heterocycles. The number of thioether (sulfide) groups is 1. The fourth-order valence-corrected chi connectivity index (χ4v) is 3.51. The molecule has 0 amide bonds. The quantitative estimate of drug-likeness (QED) is 0.541. The molecule has 1 aromatic carbocycles. The molecule has 0 radical (unpaired) electrons. The normalized spacial score (nSPS) is 14.7. The van der Waals surface area contributed by atoms with Crippen molar-refractivity contribution < 1.29 is 22.0 Å². The monoisotopic (exact) mass is 429 g/mol. The van der Waals surface area contributed by atoms with Crippen molar-refractivity contribution in [3.05, 3.63) is 41.5 Å². The van der Waals surface area contributed by atoms with Crippen LogP contribution >= 0.6 is 11.8 Å². The molecule has 5 nitrogen and oxygen atoms in total. The lowest BCUT2D eigenvalue weighted by Crippen LogP contribution is -2.44. The van der Waals surface area contributed by atoms with Gasteiger partial charge in [0.15, 0.2) is 5.82 Å². The number of benzene rings is 1. The first-order valence-electron chi connectivity index (χ1n) is 8.58. The fourth-order valence-electron chi connectivity index (χ4n) is 2.91. The van der Waals surface area contributed by atoms with Crippen LogP contribution in [0.3, 0.4) is 0 Å². The molecule has 29 heavy (non-hydrogen) atoms. The van der Waals surface area contributed by atoms with Gasteiger partial charge in [-0.15, -0.1) is 0 Å². The lowest BCUT2D eigenvalue weighted by Gasteiger charge is -2.29. The van der Waals surface area contributed by atoms with E-state index in [1.165, 1.54) is 18.2 Å². The van der Waals surface area contributed by atoms with Crippen LogP contribution in [0.1, 0.15) is 11.1 Å². The summed E-state index contributed by atoms with van der Waals surface area (Å²) >= 11 is 0.252. The topological polar surface area (TPSA) is 64.0 Å². The molecule has 1 saturated heterocycles. The van der Waals surface area contributed by atoms with Gasteiger partial charge in [-0.05, 0) is 18.2 Å². The van der Waals surface area contributed by atoms with Crippen LogP contribution in [0.15, 0.2) is 35.2 Å². The summed E-state index contributed by atoms with van der Waals surface area (Å²) in [5, 5.41) is 15.1. The minimum atomic E-state index is -4.77. The molecule has 1 fully saturated rings. The van der Waals surface area contributed by atoms with Gasteiger partial charge in [0, 0.05) is 31.1 Å². The van der Waals surface area contributed by atoms with Crippen LogP contribution in [-0.4, -0.2) is 36.9 Å². The lowest BCUT2D eigenvalue weighted by molar-refractivity contribution is -0.137. The molecule has 2 aromatic rings. The van der Waals surface area contributed by atoms with Crippen molar-refractivity contribution >= 4 is 29.1 Å². The molecular formula is C18H16F5N5S. The van der Waals surface area contributed by atoms with Crippen LogP contribution in [0.5, 0.6) is 0 Å². The summed E-state index contributed by atoms with van der Waals surface area (Å²) in [5.41, 5.74) is -1.66. The number of alkyl halides is 5. The van der Waals surface area contributed by atoms with Crippen molar-refractivity contribution in [1.29, 1.82) is 5.26 Å². The third kappa shape index (κ3) is 5.07. The van der Waals surface area contributed by atoms with Crippen LogP contribution in [-0.2, 0) is 6.18 Å². The first-order chi connectivity index (χ1) is 13.8. The van der Waals surface area contributed by atoms with Crippen LogP contribution in [0, 0.1) is 11.3 Å². The molecule has 1 aliphatic heterocycles. The Labute approximate surface area is 167 Å². The predicted molar refractivity (Wildman–Crippen MR) is 101 cm³/mol. The van der Waals surface area contributed by atoms with Gasteiger partial charge in [-0.2, -0.15) is 27.2 Å². The van der Waals surface area contributed by atoms with Gasteiger partial charge >= 0.3 is 6.18 Å². The SMILES string of the molecule is N#Cc1c(C(F)(F)F)cc(N2CCNCC2)nc1Nc1ccccc1SC(F)F. The van der Waals surface area contributed by atoms with Gasteiger partial charge in [0.1, 0.15) is 17.5 Å². The average Bonchev–Trinajstić information content (AvgIpc) is 2.68. The van der Waals surface area contributed by atoms with E-state index in [1.807, 2.05) is 0 Å². The first-order valence-corrected chi connectivity index (χ1v) is 9.46. The van der Waals surface area contributed by atoms with Gasteiger partial charge in [-0.1, -0.05) is 23.9 Å². The van der Waals surface area contributed by atoms with E-state index in [9.17, 15) is 27.2 Å². The Bertz CT molecular complexity index is 906. The second-order valence-corrected chi connectivity index (χ2v) is 7.13. The minimum Gasteiger partial charge on any atom is -0.354 e. The van der Waals surface area contributed by atoms with Crippen LogP contribution in [0.4, 0.5) is 39.3 Å². The highest BCUT2D eigenvalue weighted by molar-refractivity contribution is 7.99. The Morgan fingerprint density at radius 1 is 1.21 bits per heavy atom. The lowest BCUT2D eigenvalue weighted by atomic mass is 10.1. The molecule has 0 atom stereocenters. The zero-order chi connectivity index (χ0) is 21.0. The largest absolute Gasteiger partial charge is 0.417 e. The van der Waals surface area contributed by atoms with Crippen LogP contribution < -0.4 is 15.5 Å². The van der Waals surface area contributed by atoms with Crippen molar-refractivity contribution in [2.75, 3.05) is 36.4 Å². The van der Waals surface area contributed by atoms with E-state index >= 15 is 0 Å². The smallest absolute Gasteiger partial charge is 0.354 e. The Hall–Kier alpha value is -2.58. The van der Waals surface area contributed by atoms with E-state index in [1.54, 1.807) is 17.0 Å². The number of halogens is 5. The van der Waals surface area contributed by atoms with Crippen molar-refractivity contribution in [2.45, 2.75) is 16.8 Å². The number of anilines is 3. The molecule has 1 aliphatic rings. The highest BCUT2D eigenvalue weighted by atomic mass is 32.2. The number of nitrogens with zero attached hydrogens (tertiary/aromatic N) is 3. The Morgan fingerprint density at radius 3 is 2.52 bits per heavy atom. The summed E-state index contributed by atoms with van der Waals surface area (Å²) < 4.78 is 66.5. The second-order valence-electron chi connectivity index (χ2n) is 6.10. The van der Waals surface area contributed by atoms with Gasteiger partial charge < -0.3 is 15.5 Å². The van der Waals surface area contributed by atoms with E-state index in [0.29, 0.717) is 26.2 Å². The van der Waals surface area contributed by atoms with Crippen LogP contribution in [0.25, 0.3) is 0 Å². The number of hydrogen-bond acceptors (Lipinski definition) is 6. The summed E-state index contributed by atoms with van der Waals surface area (Å²) in [4.78, 5) is 6.04. The third-order valence-electron chi connectivity index (χ3n) is 4.22. The Morgan fingerprint density at radius 2 is 1.90 bits per heavy atom. The van der Waals surface area contributed by atoms with Crippen molar-refractivity contribution in [3.8, 4) is 6.07 Å². The molecule has 3 rings (SSSR count). The number of hydrogen-bond donors (Lipinski definition) is 2. The average molecular weight is 429 g/mol. The number of para-hydroxylation sites is 1. The number of piperazine rings is 1. The second kappa shape index (κ2) is 8.84. The highest BCUT2D eigenvalue weighted by Crippen LogP contribution is 2.39. The summed E-state index contributed by atoms with van der Waals surface area (Å²) in [6, 6.07) is 8.35. The van der Waals surface area contributed by atoms with E-state index in [-0.39, 0.29) is 34.0 Å². The minimum absolute atomic E-state index is 0.0688. The molecule has 2 heterocycles. The number of pyridine rings is 1. The molecule has 0 spiro atoms. The summed E-state index contributed by atoms with van der Waals surface area (Å²) in [5.74, 6) is -2.96. The maximum Gasteiger partial charge on any atom is 0.417 e. The van der Waals surface area contributed by atoms with E-state index in [0.717, 1.165) is 6.07 Å². The molecule has 0 saturated carbocycles. The van der Waals surface area contributed by atoms with E-state index < -0.39 is 23.1 Å². The van der Waals surface area contributed by atoms with Gasteiger partial charge in [-0.3, -0.25) is 0 Å². The molecule has 11 heteroatoms. The third-order valence-corrected chi connectivity index (χ3v) is 5.01. The maximum atomic E-state index is 13.6. The van der Waals surface area contributed by atoms with E-state index in [4.69, 9.17) is 0 Å². The summed E-state index contributed by atoms with van der Waals surface area (Å²) in [6.45, 7) is 2.07. The molecule has 154 valence electrons. The maximum absolute atomic E-state index is 13.6. The fraction of sp³-hybridized carbons (Fsp3) is 0.333. The van der Waals surface area contributed by atoms with E-state index in [2.05, 4.69) is 15.6 Å². The van der Waals surface area contributed by atoms with Gasteiger partial charge in [0.25, 0.3) is 5.76 Å². The first kappa shape index (κ1) is 21.1.